The average Bonchev–Trinajstić information content (AvgIpc) is 4.06. The number of aliphatic hydroxyl groups is 2. The Morgan fingerprint density at radius 1 is 0.692 bits per heavy atom. The first kappa shape index (κ1) is 62.0. The van der Waals surface area contributed by atoms with E-state index in [1.165, 1.54) is 6.92 Å². The van der Waals surface area contributed by atoms with E-state index in [0.29, 0.717) is 17.5 Å². The van der Waals surface area contributed by atoms with Gasteiger partial charge in [-0.1, -0.05) is 62.4 Å². The lowest BCUT2D eigenvalue weighted by molar-refractivity contribution is -0.143. The van der Waals surface area contributed by atoms with Gasteiger partial charge in [0.25, 0.3) is 0 Å². The van der Waals surface area contributed by atoms with E-state index in [2.05, 4.69) is 47.5 Å². The van der Waals surface area contributed by atoms with Gasteiger partial charge >= 0.3 is 5.97 Å². The number of nitrogens with two attached hydrogens (primary N) is 3. The van der Waals surface area contributed by atoms with Gasteiger partial charge < -0.3 is 84.9 Å². The number of carbonyl (C=O) groups excluding carboxylic acids is 11. The maximum Gasteiger partial charge on any atom is 0.303 e. The molecule has 3 aromatic rings. The Labute approximate surface area is 447 Å². The maximum atomic E-state index is 14.1. The number of para-hydroxylation sites is 1. The predicted molar refractivity (Wildman–Crippen MR) is 276 cm³/mol. The van der Waals surface area contributed by atoms with Gasteiger partial charge in [0.05, 0.1) is 38.3 Å². The van der Waals surface area contributed by atoms with Crippen LogP contribution in [0.3, 0.4) is 0 Å². The highest BCUT2D eigenvalue weighted by molar-refractivity contribution is 5.99. The zero-order valence-electron chi connectivity index (χ0n) is 43.2. The van der Waals surface area contributed by atoms with Crippen molar-refractivity contribution < 1.29 is 72.9 Å². The molecule has 0 unspecified atom stereocenters. The summed E-state index contributed by atoms with van der Waals surface area (Å²) in [5.74, 6) is -12.0. The lowest BCUT2D eigenvalue weighted by Gasteiger charge is -2.29. The topological polar surface area (TPSA) is 459 Å². The van der Waals surface area contributed by atoms with Crippen LogP contribution in [0.25, 0.3) is 10.9 Å². The number of rotatable bonds is 30. The highest BCUT2D eigenvalue weighted by Crippen LogP contribution is 2.21. The van der Waals surface area contributed by atoms with Gasteiger partial charge in [-0.2, -0.15) is 0 Å². The second-order valence-electron chi connectivity index (χ2n) is 19.0. The van der Waals surface area contributed by atoms with E-state index in [-0.39, 0.29) is 32.2 Å². The molecule has 28 heteroatoms. The third kappa shape index (κ3) is 18.7. The molecule has 9 atom stereocenters. The number of hydrogen-bond acceptors (Lipinski definition) is 15. The smallest absolute Gasteiger partial charge is 0.303 e. The summed E-state index contributed by atoms with van der Waals surface area (Å²) >= 11 is 0. The zero-order chi connectivity index (χ0) is 57.8. The number of H-pyrrole nitrogens is 1. The monoisotopic (exact) mass is 1090 g/mol. The van der Waals surface area contributed by atoms with Crippen molar-refractivity contribution in [2.75, 3.05) is 26.2 Å². The number of carbonyl (C=O) groups is 12. The van der Waals surface area contributed by atoms with Crippen LogP contribution in [0.1, 0.15) is 64.0 Å². The summed E-state index contributed by atoms with van der Waals surface area (Å²) in [6.07, 6.45) is -1.09. The Balaban J connectivity index is 1.45. The number of hydrogen-bond donors (Lipinski definition) is 15. The lowest BCUT2D eigenvalue weighted by Crippen LogP contribution is -2.61. The van der Waals surface area contributed by atoms with Crippen molar-refractivity contribution in [2.45, 2.75) is 120 Å². The largest absolute Gasteiger partial charge is 0.481 e. The van der Waals surface area contributed by atoms with Crippen molar-refractivity contribution in [3.8, 4) is 0 Å². The van der Waals surface area contributed by atoms with Gasteiger partial charge in [-0.25, -0.2) is 0 Å². The molecule has 1 aliphatic heterocycles. The first-order chi connectivity index (χ1) is 36.9. The van der Waals surface area contributed by atoms with Crippen LogP contribution in [0, 0.1) is 5.92 Å². The number of fused-ring (bicyclic) bond motifs is 1. The molecule has 0 saturated carbocycles. The molecule has 4 rings (SSSR count). The first-order valence-corrected chi connectivity index (χ1v) is 25.0. The minimum absolute atomic E-state index is 0.0158. The second kappa shape index (κ2) is 29.7. The molecular weight excluding hydrogens is 1020 g/mol. The molecule has 1 aliphatic rings. The van der Waals surface area contributed by atoms with E-state index in [1.807, 2.05) is 0 Å². The number of aromatic nitrogens is 1. The highest BCUT2D eigenvalue weighted by Gasteiger charge is 2.39. The number of benzene rings is 2. The number of aliphatic carboxylic acids is 1. The number of carboxylic acid groups (broad SMARTS) is 1. The average molecular weight is 1090 g/mol. The number of nitrogens with one attached hydrogen (secondary N) is 9. The van der Waals surface area contributed by atoms with Gasteiger partial charge in [0, 0.05) is 42.9 Å². The molecule has 424 valence electrons. The summed E-state index contributed by atoms with van der Waals surface area (Å²) in [6.45, 7) is 1.97. The number of carboxylic acids is 1. The molecule has 28 nitrogen and oxygen atoms in total. The fourth-order valence-electron chi connectivity index (χ4n) is 8.37. The van der Waals surface area contributed by atoms with E-state index in [0.717, 1.165) is 15.8 Å². The van der Waals surface area contributed by atoms with Gasteiger partial charge in [-0.15, -0.1) is 0 Å². The molecule has 1 saturated heterocycles. The molecule has 0 radical (unpaired) electrons. The molecule has 0 aliphatic carbocycles. The Kier molecular flexibility index (Phi) is 23.6. The highest BCUT2D eigenvalue weighted by atomic mass is 16.4. The third-order valence-electron chi connectivity index (χ3n) is 12.5. The number of aromatic amines is 1. The van der Waals surface area contributed by atoms with Gasteiger partial charge in [0.1, 0.15) is 42.3 Å². The van der Waals surface area contributed by atoms with Crippen LogP contribution in [0.5, 0.6) is 0 Å². The molecule has 1 aromatic heterocycles. The van der Waals surface area contributed by atoms with Gasteiger partial charge in [0.15, 0.2) is 0 Å². The number of likely N-dealkylation sites (tertiary alicyclic amines) is 1. The van der Waals surface area contributed by atoms with Crippen molar-refractivity contribution in [1.82, 2.24) is 52.4 Å². The van der Waals surface area contributed by atoms with Crippen LogP contribution in [0.2, 0.25) is 0 Å². The fourth-order valence-corrected chi connectivity index (χ4v) is 8.37. The lowest BCUT2D eigenvalue weighted by atomic mass is 10.0. The second-order valence-corrected chi connectivity index (χ2v) is 19.0. The van der Waals surface area contributed by atoms with Crippen LogP contribution in [0.4, 0.5) is 0 Å². The SMILES string of the molecule is CC(C)[C@H](NC(=O)[C@@H](N)CCC(=O)O)C(=O)N[C@@H](CC(N)=O)C(=O)N[C@@H](Cc1ccccc1)C(=O)N[C@@H](CO)C(=O)N1CCC[C@H]1C(=O)NCC(=O)N[C@@H](Cc1c[nH]c2ccccc12)C(=O)NCC(=O)N[C@H](C(N)=O)[C@@H](C)O. The van der Waals surface area contributed by atoms with Crippen molar-refractivity contribution in [3.05, 3.63) is 71.9 Å². The molecule has 2 heterocycles. The van der Waals surface area contributed by atoms with Crippen molar-refractivity contribution >= 4 is 81.9 Å². The molecule has 0 spiro atoms. The van der Waals surface area contributed by atoms with Crippen LogP contribution >= 0.6 is 0 Å². The quantitative estimate of drug-likeness (QED) is 0.0296. The van der Waals surface area contributed by atoms with Crippen molar-refractivity contribution in [1.29, 1.82) is 0 Å². The number of amides is 11. The predicted octanol–water partition coefficient (Wildman–Crippen LogP) is -5.33. The fraction of sp³-hybridized carbons (Fsp3) is 0.480. The third-order valence-corrected chi connectivity index (χ3v) is 12.5. The zero-order valence-corrected chi connectivity index (χ0v) is 43.2. The Morgan fingerprint density at radius 3 is 1.92 bits per heavy atom. The standard InChI is InChI=1S/C50H69N13O15/c1-25(2)41(62-44(72)30(51)15-16-40(69)70)49(77)59-34(20-37(52)66)47(75)58-32(18-27-10-5-4-6-11-27)46(74)60-35(24-64)50(78)63-17-9-14-36(63)48(76)56-22-38(67)57-33(19-28-21-54-31-13-8-7-12-29(28)31)45(73)55-23-39(68)61-42(26(3)65)43(53)71/h4-8,10-13,21,25-26,30,32-36,41-42,54,64-65H,9,14-20,22-24,51H2,1-3H3,(H2,52,66)(H2,53,71)(H,55,73)(H,56,76)(H,57,67)(H,58,75)(H,59,77)(H,60,74)(H,61,68)(H,62,72)(H,69,70)/t26-,30+,32+,33+,34+,35+,36+,41+,42+/m1/s1. The van der Waals surface area contributed by atoms with Crippen LogP contribution in [-0.2, 0) is 70.4 Å². The summed E-state index contributed by atoms with van der Waals surface area (Å²) in [5.41, 5.74) is 18.4. The Bertz CT molecular complexity index is 2660. The number of primary amides is 2. The molecule has 11 amide bonds. The molecule has 18 N–H and O–H groups in total. The van der Waals surface area contributed by atoms with E-state index in [9.17, 15) is 67.7 Å². The van der Waals surface area contributed by atoms with Gasteiger partial charge in [0.2, 0.25) is 65.0 Å². The number of nitrogens with zero attached hydrogens (tertiary/aromatic N) is 1. The van der Waals surface area contributed by atoms with Gasteiger partial charge in [-0.05, 0) is 49.3 Å². The molecular formula is C50H69N13O15. The van der Waals surface area contributed by atoms with Crippen molar-refractivity contribution in [2.24, 2.45) is 23.1 Å². The van der Waals surface area contributed by atoms with E-state index < -0.39 is 164 Å². The molecule has 0 bridgehead atoms. The molecule has 2 aromatic carbocycles. The summed E-state index contributed by atoms with van der Waals surface area (Å²) in [6, 6.07) is 3.79. The summed E-state index contributed by atoms with van der Waals surface area (Å²) in [5, 5.41) is 49.3. The normalized spacial score (nSPS) is 16.1. The van der Waals surface area contributed by atoms with E-state index >= 15 is 0 Å². The minimum Gasteiger partial charge on any atom is -0.481 e. The first-order valence-electron chi connectivity index (χ1n) is 25.0. The maximum absolute atomic E-state index is 14.1. The van der Waals surface area contributed by atoms with E-state index in [1.54, 1.807) is 74.6 Å². The van der Waals surface area contributed by atoms with Crippen molar-refractivity contribution in [3.63, 3.8) is 0 Å². The Morgan fingerprint density at radius 2 is 1.29 bits per heavy atom. The number of aliphatic hydroxyl groups excluding tert-OH is 2. The van der Waals surface area contributed by atoms with Gasteiger partial charge in [-0.3, -0.25) is 57.5 Å². The summed E-state index contributed by atoms with van der Waals surface area (Å²) in [7, 11) is 0. The van der Waals surface area contributed by atoms with Crippen LogP contribution < -0.4 is 59.7 Å². The Hall–Kier alpha value is -8.50. The van der Waals surface area contributed by atoms with Crippen LogP contribution in [0.15, 0.2) is 60.8 Å². The summed E-state index contributed by atoms with van der Waals surface area (Å²) in [4.78, 5) is 161. The molecule has 1 fully saturated rings. The van der Waals surface area contributed by atoms with Crippen LogP contribution in [-0.4, -0.2) is 177 Å². The molecule has 78 heavy (non-hydrogen) atoms. The minimum atomic E-state index is -1.72. The van der Waals surface area contributed by atoms with E-state index in [4.69, 9.17) is 22.3 Å². The summed E-state index contributed by atoms with van der Waals surface area (Å²) < 4.78 is 0.